The van der Waals surface area contributed by atoms with Gasteiger partial charge in [-0.05, 0) is 54.8 Å². The Morgan fingerprint density at radius 3 is 2.23 bits per heavy atom. The molecule has 1 atom stereocenters. The number of sulfone groups is 1. The molecule has 0 N–H and O–H groups in total. The van der Waals surface area contributed by atoms with E-state index in [1.165, 1.54) is 24.3 Å². The van der Waals surface area contributed by atoms with Crippen LogP contribution in [0.4, 0.5) is 13.2 Å². The largest absolute Gasteiger partial charge is 0.341 e. The van der Waals surface area contributed by atoms with Crippen molar-refractivity contribution >= 4 is 15.7 Å². The summed E-state index contributed by atoms with van der Waals surface area (Å²) in [4.78, 5) is 13.8. The molecule has 0 aromatic heterocycles. The summed E-state index contributed by atoms with van der Waals surface area (Å²) in [5.41, 5.74) is 1.03. The van der Waals surface area contributed by atoms with Crippen LogP contribution in [0.1, 0.15) is 34.8 Å². The number of nitrogens with zero attached hydrogens (tertiary/aromatic N) is 1. The second-order valence-corrected chi connectivity index (χ2v) is 7.96. The summed E-state index contributed by atoms with van der Waals surface area (Å²) in [5, 5.41) is 0. The highest BCUT2D eigenvalue weighted by Gasteiger charge is 2.31. The van der Waals surface area contributed by atoms with Gasteiger partial charge in [-0.25, -0.2) is 12.8 Å². The fourth-order valence-corrected chi connectivity index (χ4v) is 3.82. The van der Waals surface area contributed by atoms with E-state index in [0.29, 0.717) is 6.54 Å². The van der Waals surface area contributed by atoms with E-state index in [1.54, 1.807) is 17.0 Å². The number of hydrogen-bond acceptors (Lipinski definition) is 3. The minimum atomic E-state index is -4.69. The van der Waals surface area contributed by atoms with Crippen molar-refractivity contribution in [3.63, 3.8) is 0 Å². The number of hydrogen-bond donors (Lipinski definition) is 0. The second kappa shape index (κ2) is 7.11. The second-order valence-electron chi connectivity index (χ2n) is 6.04. The Labute approximate surface area is 149 Å². The van der Waals surface area contributed by atoms with Crippen LogP contribution >= 0.6 is 0 Å². The van der Waals surface area contributed by atoms with Gasteiger partial charge in [0.2, 0.25) is 9.84 Å². The fraction of sp³-hybridized carbons (Fsp3) is 0.278. The van der Waals surface area contributed by atoms with Crippen molar-refractivity contribution in [2.45, 2.75) is 29.5 Å². The number of rotatable bonds is 4. The third-order valence-electron chi connectivity index (χ3n) is 4.43. The molecule has 1 amide bonds. The number of alkyl halides is 2. The van der Waals surface area contributed by atoms with Gasteiger partial charge in [0.25, 0.3) is 5.91 Å². The molecule has 1 fully saturated rings. The van der Waals surface area contributed by atoms with Crippen molar-refractivity contribution in [2.75, 3.05) is 6.54 Å². The maximum absolute atomic E-state index is 13.1. The Kier molecular flexibility index (Phi) is 5.04. The molecule has 0 bridgehead atoms. The first-order valence-electron chi connectivity index (χ1n) is 7.99. The summed E-state index contributed by atoms with van der Waals surface area (Å²) >= 11 is 0. The number of halogens is 3. The van der Waals surface area contributed by atoms with Crippen molar-refractivity contribution in [3.05, 3.63) is 65.5 Å². The standard InChI is InChI=1S/C18H16F3NO3S/c19-14-7-3-12(4-8-14)16-2-1-11-22(16)17(23)13-5-9-15(10-6-13)26(24,25)18(20)21/h3-10,16,18H,1-2,11H2/t16-/m1/s1. The van der Waals surface area contributed by atoms with Crippen LogP contribution in [-0.2, 0) is 9.84 Å². The van der Waals surface area contributed by atoms with Crippen LogP contribution in [0.5, 0.6) is 0 Å². The summed E-state index contributed by atoms with van der Waals surface area (Å²) in [6.07, 6.45) is 1.51. The zero-order valence-electron chi connectivity index (χ0n) is 13.6. The molecule has 0 unspecified atom stereocenters. The summed E-state index contributed by atoms with van der Waals surface area (Å²) in [6.45, 7) is 0.512. The van der Waals surface area contributed by atoms with Gasteiger partial charge in [0.05, 0.1) is 10.9 Å². The first-order valence-corrected chi connectivity index (χ1v) is 9.54. The van der Waals surface area contributed by atoms with Crippen molar-refractivity contribution in [3.8, 4) is 0 Å². The zero-order valence-corrected chi connectivity index (χ0v) is 14.4. The number of carbonyl (C=O) groups excluding carboxylic acids is 1. The Balaban J connectivity index is 1.83. The highest BCUT2D eigenvalue weighted by molar-refractivity contribution is 7.91. The predicted molar refractivity (Wildman–Crippen MR) is 89.0 cm³/mol. The Morgan fingerprint density at radius 1 is 1.04 bits per heavy atom. The molecule has 0 spiro atoms. The van der Waals surface area contributed by atoms with Gasteiger partial charge in [-0.2, -0.15) is 8.78 Å². The maximum atomic E-state index is 13.1. The highest BCUT2D eigenvalue weighted by atomic mass is 32.2. The maximum Gasteiger partial charge on any atom is 0.341 e. The summed E-state index contributed by atoms with van der Waals surface area (Å²) in [5.74, 6) is -4.19. The molecule has 138 valence electrons. The topological polar surface area (TPSA) is 54.5 Å². The van der Waals surface area contributed by atoms with Crippen molar-refractivity contribution in [1.29, 1.82) is 0 Å². The van der Waals surface area contributed by atoms with E-state index in [1.807, 2.05) is 0 Å². The molecular weight excluding hydrogens is 367 g/mol. The third kappa shape index (κ3) is 3.46. The van der Waals surface area contributed by atoms with Crippen LogP contribution in [0.25, 0.3) is 0 Å². The minimum absolute atomic E-state index is 0.201. The number of carbonyl (C=O) groups is 1. The van der Waals surface area contributed by atoms with E-state index in [4.69, 9.17) is 0 Å². The highest BCUT2D eigenvalue weighted by Crippen LogP contribution is 2.33. The molecule has 1 aliphatic heterocycles. The normalized spacial score (nSPS) is 17.7. The Hall–Kier alpha value is -2.35. The van der Waals surface area contributed by atoms with Crippen LogP contribution in [0.15, 0.2) is 53.4 Å². The number of amides is 1. The minimum Gasteiger partial charge on any atom is -0.332 e. The monoisotopic (exact) mass is 383 g/mol. The molecule has 3 rings (SSSR count). The van der Waals surface area contributed by atoms with Crippen LogP contribution < -0.4 is 0 Å². The van der Waals surface area contributed by atoms with E-state index in [-0.39, 0.29) is 23.3 Å². The summed E-state index contributed by atoms with van der Waals surface area (Å²) in [6, 6.07) is 10.2. The molecule has 1 aliphatic rings. The SMILES string of the molecule is O=C(c1ccc(S(=O)(=O)C(F)F)cc1)N1CCC[C@@H]1c1ccc(F)cc1. The van der Waals surface area contributed by atoms with Crippen LogP contribution in [0.2, 0.25) is 0 Å². The van der Waals surface area contributed by atoms with Crippen molar-refractivity contribution < 1.29 is 26.4 Å². The van der Waals surface area contributed by atoms with E-state index in [0.717, 1.165) is 30.5 Å². The molecule has 2 aromatic carbocycles. The van der Waals surface area contributed by atoms with Crippen molar-refractivity contribution in [1.82, 2.24) is 4.90 Å². The molecule has 4 nitrogen and oxygen atoms in total. The molecule has 1 heterocycles. The van der Waals surface area contributed by atoms with Crippen molar-refractivity contribution in [2.24, 2.45) is 0 Å². The van der Waals surface area contributed by atoms with E-state index >= 15 is 0 Å². The molecule has 2 aromatic rings. The molecule has 1 saturated heterocycles. The zero-order chi connectivity index (χ0) is 18.9. The lowest BCUT2D eigenvalue weighted by Gasteiger charge is -2.25. The number of benzene rings is 2. The predicted octanol–water partition coefficient (Wildman–Crippen LogP) is 3.80. The molecule has 0 saturated carbocycles. The van der Waals surface area contributed by atoms with Gasteiger partial charge < -0.3 is 4.90 Å². The lowest BCUT2D eigenvalue weighted by molar-refractivity contribution is 0.0735. The average molecular weight is 383 g/mol. The van der Waals surface area contributed by atoms with Gasteiger partial charge in [-0.15, -0.1) is 0 Å². The molecular formula is C18H16F3NO3S. The lowest BCUT2D eigenvalue weighted by Crippen LogP contribution is -2.30. The van der Waals surface area contributed by atoms with Gasteiger partial charge in [0.1, 0.15) is 5.82 Å². The molecule has 0 radical (unpaired) electrons. The van der Waals surface area contributed by atoms with Gasteiger partial charge >= 0.3 is 5.76 Å². The van der Waals surface area contributed by atoms with E-state index in [9.17, 15) is 26.4 Å². The van der Waals surface area contributed by atoms with Crippen LogP contribution in [0, 0.1) is 5.82 Å². The smallest absolute Gasteiger partial charge is 0.332 e. The quantitative estimate of drug-likeness (QED) is 0.807. The van der Waals surface area contributed by atoms with Gasteiger partial charge in [-0.1, -0.05) is 12.1 Å². The van der Waals surface area contributed by atoms with Crippen LogP contribution in [-0.4, -0.2) is 31.5 Å². The fourth-order valence-electron chi connectivity index (χ4n) is 3.10. The molecule has 8 heteroatoms. The first-order chi connectivity index (χ1) is 12.3. The summed E-state index contributed by atoms with van der Waals surface area (Å²) in [7, 11) is -4.69. The average Bonchev–Trinajstić information content (AvgIpc) is 3.11. The van der Waals surface area contributed by atoms with Crippen LogP contribution in [0.3, 0.4) is 0 Å². The lowest BCUT2D eigenvalue weighted by atomic mass is 10.0. The molecule has 0 aliphatic carbocycles. The Bertz CT molecular complexity index is 896. The first kappa shape index (κ1) is 18.4. The van der Waals surface area contributed by atoms with E-state index < -0.39 is 20.5 Å². The van der Waals surface area contributed by atoms with Gasteiger partial charge in [0.15, 0.2) is 0 Å². The molecule has 26 heavy (non-hydrogen) atoms. The third-order valence-corrected chi connectivity index (χ3v) is 5.83. The summed E-state index contributed by atoms with van der Waals surface area (Å²) < 4.78 is 61.2. The van der Waals surface area contributed by atoms with E-state index in [2.05, 4.69) is 0 Å². The number of likely N-dealkylation sites (tertiary alicyclic amines) is 1. The Morgan fingerprint density at radius 2 is 1.65 bits per heavy atom. The van der Waals surface area contributed by atoms with Gasteiger partial charge in [0, 0.05) is 12.1 Å². The van der Waals surface area contributed by atoms with Gasteiger partial charge in [-0.3, -0.25) is 4.79 Å².